The molecule has 0 heterocycles. The van der Waals surface area contributed by atoms with Gasteiger partial charge in [0.05, 0.1) is 0 Å². The van der Waals surface area contributed by atoms with Crippen molar-refractivity contribution in [1.29, 1.82) is 0 Å². The largest absolute Gasteiger partial charge is 0.286 e. The highest BCUT2D eigenvalue weighted by atomic mass is 35.5. The zero-order valence-electron chi connectivity index (χ0n) is 6.05. The van der Waals surface area contributed by atoms with Crippen molar-refractivity contribution in [2.24, 2.45) is 0 Å². The van der Waals surface area contributed by atoms with Crippen LogP contribution in [0, 0.1) is 0 Å². The van der Waals surface area contributed by atoms with Crippen LogP contribution < -0.4 is 0 Å². The maximum Gasteiger partial charge on any atom is 0.225 e. The summed E-state index contributed by atoms with van der Waals surface area (Å²) in [7, 11) is 0. The first-order valence-electron chi connectivity index (χ1n) is 3.24. The van der Waals surface area contributed by atoms with Gasteiger partial charge in [-0.1, -0.05) is 29.3 Å². The van der Waals surface area contributed by atoms with E-state index >= 15 is 0 Å². The normalized spacial score (nSPS) is 10.5. The lowest BCUT2D eigenvalue weighted by Crippen LogP contribution is -1.76. The second kappa shape index (κ2) is 4.29. The lowest BCUT2D eigenvalue weighted by atomic mass is 10.2. The van der Waals surface area contributed by atoms with Crippen LogP contribution in [0.2, 0.25) is 10.0 Å². The van der Waals surface area contributed by atoms with Crippen LogP contribution in [0.5, 0.6) is 0 Å². The number of rotatable bonds is 2. The van der Waals surface area contributed by atoms with E-state index in [2.05, 4.69) is 0 Å². The zero-order valence-corrected chi connectivity index (χ0v) is 7.56. The Balaban J connectivity index is 3.12. The highest BCUT2D eigenvalue weighted by Crippen LogP contribution is 2.25. The van der Waals surface area contributed by atoms with Crippen LogP contribution in [0.25, 0.3) is 6.08 Å². The van der Waals surface area contributed by atoms with Gasteiger partial charge in [0, 0.05) is 15.6 Å². The average molecular weight is 200 g/mol. The quantitative estimate of drug-likeness (QED) is 0.670. The molecule has 0 amide bonds. The molecule has 0 saturated carbocycles. The first-order valence-corrected chi connectivity index (χ1v) is 3.99. The standard InChI is InChI=1S/C9H5Cl2O/c10-8-4-1-5-9(11)7(8)3-2-6-12/h1-5H. The van der Waals surface area contributed by atoms with Crippen molar-refractivity contribution in [3.8, 4) is 0 Å². The van der Waals surface area contributed by atoms with Crippen LogP contribution in [-0.2, 0) is 4.79 Å². The maximum absolute atomic E-state index is 9.90. The number of allylic oxidation sites excluding steroid dienone is 1. The highest BCUT2D eigenvalue weighted by Gasteiger charge is 1.99. The summed E-state index contributed by atoms with van der Waals surface area (Å²) in [5.41, 5.74) is 0.643. The van der Waals surface area contributed by atoms with E-state index in [9.17, 15) is 4.79 Å². The van der Waals surface area contributed by atoms with Crippen molar-refractivity contribution in [3.05, 3.63) is 39.9 Å². The molecule has 0 aliphatic carbocycles. The smallest absolute Gasteiger partial charge is 0.225 e. The molecule has 0 unspecified atom stereocenters. The molecule has 0 aliphatic rings. The van der Waals surface area contributed by atoms with Gasteiger partial charge in [0.2, 0.25) is 6.29 Å². The third kappa shape index (κ3) is 2.10. The summed E-state index contributed by atoms with van der Waals surface area (Å²) in [4.78, 5) is 9.90. The van der Waals surface area contributed by atoms with Gasteiger partial charge in [-0.25, -0.2) is 0 Å². The van der Waals surface area contributed by atoms with Crippen LogP contribution in [0.15, 0.2) is 24.3 Å². The zero-order chi connectivity index (χ0) is 8.97. The summed E-state index contributed by atoms with van der Waals surface area (Å²) in [6, 6.07) is 5.16. The predicted octanol–water partition coefficient (Wildman–Crippen LogP) is 3.12. The molecule has 0 spiro atoms. The minimum absolute atomic E-state index is 0.522. The van der Waals surface area contributed by atoms with Crippen molar-refractivity contribution in [2.75, 3.05) is 0 Å². The second-order valence-corrected chi connectivity index (χ2v) is 2.90. The Labute approximate surface area is 80.6 Å². The topological polar surface area (TPSA) is 17.1 Å². The van der Waals surface area contributed by atoms with E-state index in [4.69, 9.17) is 23.2 Å². The van der Waals surface area contributed by atoms with Crippen molar-refractivity contribution < 1.29 is 4.79 Å². The lowest BCUT2D eigenvalue weighted by molar-refractivity contribution is 0.564. The predicted molar refractivity (Wildman–Crippen MR) is 51.2 cm³/mol. The summed E-state index contributed by atoms with van der Waals surface area (Å²) in [5, 5.41) is 1.04. The fourth-order valence-corrected chi connectivity index (χ4v) is 1.31. The number of hydrogen-bond acceptors (Lipinski definition) is 1. The maximum atomic E-state index is 9.90. The molecule has 61 valence electrons. The molecule has 0 saturated heterocycles. The summed E-state index contributed by atoms with van der Waals surface area (Å²) in [5.74, 6) is 0. The Hall–Kier alpha value is -0.790. The van der Waals surface area contributed by atoms with Gasteiger partial charge < -0.3 is 0 Å². The lowest BCUT2D eigenvalue weighted by Gasteiger charge is -1.98. The molecule has 1 aromatic rings. The molecule has 1 radical (unpaired) electrons. The Kier molecular flexibility index (Phi) is 3.32. The van der Waals surface area contributed by atoms with E-state index in [0.29, 0.717) is 15.6 Å². The second-order valence-electron chi connectivity index (χ2n) is 2.09. The Morgan fingerprint density at radius 2 is 1.83 bits per heavy atom. The molecule has 1 nitrogen and oxygen atoms in total. The molecule has 0 N–H and O–H groups in total. The van der Waals surface area contributed by atoms with Gasteiger partial charge in [0.15, 0.2) is 0 Å². The number of halogens is 2. The van der Waals surface area contributed by atoms with Crippen LogP contribution in [0.1, 0.15) is 5.56 Å². The van der Waals surface area contributed by atoms with Crippen LogP contribution in [-0.4, -0.2) is 6.29 Å². The highest BCUT2D eigenvalue weighted by molar-refractivity contribution is 6.37. The van der Waals surface area contributed by atoms with E-state index in [0.717, 1.165) is 0 Å². The molecule has 1 rings (SSSR count). The van der Waals surface area contributed by atoms with Crippen molar-refractivity contribution >= 4 is 35.6 Å². The minimum atomic E-state index is 0.522. The van der Waals surface area contributed by atoms with Gasteiger partial charge in [-0.2, -0.15) is 0 Å². The first kappa shape index (κ1) is 9.30. The van der Waals surface area contributed by atoms with Gasteiger partial charge in [-0.05, 0) is 24.3 Å². The monoisotopic (exact) mass is 199 g/mol. The van der Waals surface area contributed by atoms with Gasteiger partial charge >= 0.3 is 0 Å². The van der Waals surface area contributed by atoms with Gasteiger partial charge in [-0.3, -0.25) is 4.79 Å². The molecule has 1 aromatic carbocycles. The number of carbonyl (C=O) groups excluding carboxylic acids is 1. The van der Waals surface area contributed by atoms with E-state index < -0.39 is 0 Å². The van der Waals surface area contributed by atoms with Gasteiger partial charge in [0.1, 0.15) is 0 Å². The van der Waals surface area contributed by atoms with Crippen molar-refractivity contribution in [2.45, 2.75) is 0 Å². The average Bonchev–Trinajstić information content (AvgIpc) is 2.04. The van der Waals surface area contributed by atoms with E-state index in [1.807, 2.05) is 0 Å². The summed E-state index contributed by atoms with van der Waals surface area (Å²) >= 11 is 11.6. The fourth-order valence-electron chi connectivity index (χ4n) is 0.787. The minimum Gasteiger partial charge on any atom is -0.286 e. The molecule has 0 fully saturated rings. The summed E-state index contributed by atoms with van der Waals surface area (Å²) in [6.45, 7) is 0. The Bertz CT molecular complexity index is 298. The van der Waals surface area contributed by atoms with E-state index in [1.165, 1.54) is 12.2 Å². The van der Waals surface area contributed by atoms with Gasteiger partial charge in [0.25, 0.3) is 0 Å². The number of hydrogen-bond donors (Lipinski definition) is 0. The van der Waals surface area contributed by atoms with Crippen molar-refractivity contribution in [3.63, 3.8) is 0 Å². The fraction of sp³-hybridized carbons (Fsp3) is 0. The molecular formula is C9H5Cl2O. The molecule has 0 aromatic heterocycles. The Morgan fingerprint density at radius 1 is 1.25 bits per heavy atom. The molecular weight excluding hydrogens is 195 g/mol. The van der Waals surface area contributed by atoms with E-state index in [1.54, 1.807) is 24.5 Å². The Morgan fingerprint density at radius 3 is 2.33 bits per heavy atom. The van der Waals surface area contributed by atoms with Crippen molar-refractivity contribution in [1.82, 2.24) is 0 Å². The number of benzene rings is 1. The third-order valence-electron chi connectivity index (χ3n) is 1.32. The molecule has 0 atom stereocenters. The third-order valence-corrected chi connectivity index (χ3v) is 1.98. The van der Waals surface area contributed by atoms with Crippen LogP contribution in [0.3, 0.4) is 0 Å². The molecule has 3 heteroatoms. The first-order chi connectivity index (χ1) is 5.75. The van der Waals surface area contributed by atoms with Crippen LogP contribution >= 0.6 is 23.2 Å². The summed E-state index contributed by atoms with van der Waals surface area (Å²) < 4.78 is 0. The SMILES string of the molecule is O=[C]C=Cc1c(Cl)cccc1Cl. The molecule has 0 aliphatic heterocycles. The van der Waals surface area contributed by atoms with E-state index in [-0.39, 0.29) is 0 Å². The van der Waals surface area contributed by atoms with Gasteiger partial charge in [-0.15, -0.1) is 0 Å². The molecule has 12 heavy (non-hydrogen) atoms. The van der Waals surface area contributed by atoms with Crippen LogP contribution in [0.4, 0.5) is 0 Å². The summed E-state index contributed by atoms with van der Waals surface area (Å²) in [6.07, 6.45) is 4.38. The molecule has 0 bridgehead atoms.